The Bertz CT molecular complexity index is 594. The first-order valence-corrected chi connectivity index (χ1v) is 7.54. The third kappa shape index (κ3) is 3.60. The van der Waals surface area contributed by atoms with Crippen LogP contribution in [0.1, 0.15) is 35.0 Å². The molecule has 1 aromatic carbocycles. The fourth-order valence-electron chi connectivity index (χ4n) is 1.86. The Kier molecular flexibility index (Phi) is 4.81. The molecule has 106 valence electrons. The van der Waals surface area contributed by atoms with Crippen LogP contribution in [0.4, 0.5) is 0 Å². The lowest BCUT2D eigenvalue weighted by Gasteiger charge is -2.17. The number of hydrogen-bond donors (Lipinski definition) is 2. The van der Waals surface area contributed by atoms with E-state index in [2.05, 4.69) is 5.32 Å². The number of halogens is 1. The summed E-state index contributed by atoms with van der Waals surface area (Å²) in [5.41, 5.74) is 7.94. The van der Waals surface area contributed by atoms with Gasteiger partial charge in [0.25, 0.3) is 0 Å². The molecule has 0 saturated heterocycles. The highest BCUT2D eigenvalue weighted by atomic mass is 35.5. The zero-order valence-electron chi connectivity index (χ0n) is 11.4. The summed E-state index contributed by atoms with van der Waals surface area (Å²) in [4.78, 5) is 13.2. The number of carbonyl (C=O) groups is 1. The molecule has 0 saturated carbocycles. The molecule has 0 fully saturated rings. The van der Waals surface area contributed by atoms with E-state index in [1.807, 2.05) is 50.2 Å². The van der Waals surface area contributed by atoms with Gasteiger partial charge in [-0.2, -0.15) is 0 Å². The molecule has 1 heterocycles. The van der Waals surface area contributed by atoms with Crippen LogP contribution in [0.15, 0.2) is 36.4 Å². The Labute approximate surface area is 127 Å². The van der Waals surface area contributed by atoms with Gasteiger partial charge in [-0.15, -0.1) is 11.3 Å². The van der Waals surface area contributed by atoms with Crippen LogP contribution in [-0.2, 0) is 4.79 Å². The zero-order valence-corrected chi connectivity index (χ0v) is 13.0. The number of hydrogen-bond acceptors (Lipinski definition) is 3. The Morgan fingerprint density at radius 2 is 1.90 bits per heavy atom. The van der Waals surface area contributed by atoms with Gasteiger partial charge in [0.05, 0.1) is 10.4 Å². The van der Waals surface area contributed by atoms with Gasteiger partial charge in [-0.3, -0.25) is 4.79 Å². The summed E-state index contributed by atoms with van der Waals surface area (Å²) in [7, 11) is 0. The lowest BCUT2D eigenvalue weighted by Crippen LogP contribution is -2.35. The fourth-order valence-corrected chi connectivity index (χ4v) is 2.92. The van der Waals surface area contributed by atoms with Crippen molar-refractivity contribution in [3.8, 4) is 0 Å². The first-order chi connectivity index (χ1) is 9.47. The molecule has 20 heavy (non-hydrogen) atoms. The number of aryl methyl sites for hydroxylation is 1. The number of thiophene rings is 1. The average Bonchev–Trinajstić information content (AvgIpc) is 2.85. The van der Waals surface area contributed by atoms with Crippen LogP contribution in [0.3, 0.4) is 0 Å². The molecule has 2 atom stereocenters. The molecule has 0 aliphatic rings. The van der Waals surface area contributed by atoms with Crippen LogP contribution in [0.2, 0.25) is 4.34 Å². The second-order valence-electron chi connectivity index (χ2n) is 4.76. The predicted molar refractivity (Wildman–Crippen MR) is 84.0 cm³/mol. The van der Waals surface area contributed by atoms with E-state index in [0.29, 0.717) is 4.34 Å². The summed E-state index contributed by atoms with van der Waals surface area (Å²) >= 11 is 7.35. The minimum absolute atomic E-state index is 0.100. The maximum absolute atomic E-state index is 12.2. The smallest absolute Gasteiger partial charge is 0.242 e. The fraction of sp³-hybridized carbons (Fsp3) is 0.267. The monoisotopic (exact) mass is 308 g/mol. The molecule has 0 bridgehead atoms. The van der Waals surface area contributed by atoms with Crippen molar-refractivity contribution in [2.24, 2.45) is 5.73 Å². The van der Waals surface area contributed by atoms with Crippen LogP contribution >= 0.6 is 22.9 Å². The molecule has 5 heteroatoms. The van der Waals surface area contributed by atoms with E-state index in [4.69, 9.17) is 17.3 Å². The normalized spacial score (nSPS) is 13.8. The predicted octanol–water partition coefficient (Wildman–Crippen LogP) is 3.59. The molecule has 0 radical (unpaired) electrons. The van der Waals surface area contributed by atoms with Gasteiger partial charge >= 0.3 is 0 Å². The van der Waals surface area contributed by atoms with Crippen molar-refractivity contribution < 1.29 is 4.79 Å². The number of nitrogens with one attached hydrogen (secondary N) is 1. The van der Waals surface area contributed by atoms with Gasteiger partial charge in [0, 0.05) is 4.88 Å². The van der Waals surface area contributed by atoms with E-state index in [1.165, 1.54) is 11.3 Å². The third-order valence-electron chi connectivity index (χ3n) is 3.10. The van der Waals surface area contributed by atoms with Gasteiger partial charge in [0.15, 0.2) is 0 Å². The van der Waals surface area contributed by atoms with Crippen LogP contribution in [0.5, 0.6) is 0 Å². The van der Waals surface area contributed by atoms with Crippen molar-refractivity contribution >= 4 is 28.8 Å². The highest BCUT2D eigenvalue weighted by molar-refractivity contribution is 7.16. The van der Waals surface area contributed by atoms with E-state index < -0.39 is 6.04 Å². The largest absolute Gasteiger partial charge is 0.347 e. The van der Waals surface area contributed by atoms with Crippen LogP contribution in [-0.4, -0.2) is 5.91 Å². The summed E-state index contributed by atoms with van der Waals surface area (Å²) in [5, 5.41) is 2.91. The van der Waals surface area contributed by atoms with Gasteiger partial charge in [0.2, 0.25) is 5.91 Å². The summed E-state index contributed by atoms with van der Waals surface area (Å²) in [6.45, 7) is 3.92. The number of carbonyl (C=O) groups excluding carboxylic acids is 1. The van der Waals surface area contributed by atoms with Crippen LogP contribution in [0.25, 0.3) is 0 Å². The van der Waals surface area contributed by atoms with Crippen LogP contribution < -0.4 is 11.1 Å². The average molecular weight is 309 g/mol. The van der Waals surface area contributed by atoms with Crippen molar-refractivity contribution in [3.63, 3.8) is 0 Å². The Hall–Kier alpha value is -1.36. The van der Waals surface area contributed by atoms with Crippen molar-refractivity contribution in [1.82, 2.24) is 5.32 Å². The minimum atomic E-state index is -0.659. The molecule has 0 aliphatic carbocycles. The quantitative estimate of drug-likeness (QED) is 0.907. The van der Waals surface area contributed by atoms with E-state index in [-0.39, 0.29) is 11.9 Å². The number of amides is 1. The molecule has 0 spiro atoms. The summed E-state index contributed by atoms with van der Waals surface area (Å²) in [6, 6.07) is 10.6. The van der Waals surface area contributed by atoms with Crippen molar-refractivity contribution in [2.75, 3.05) is 0 Å². The second-order valence-corrected chi connectivity index (χ2v) is 6.51. The topological polar surface area (TPSA) is 55.1 Å². The maximum Gasteiger partial charge on any atom is 0.242 e. The second kappa shape index (κ2) is 6.39. The van der Waals surface area contributed by atoms with Gasteiger partial charge in [-0.1, -0.05) is 41.4 Å². The van der Waals surface area contributed by atoms with Crippen molar-refractivity contribution in [1.29, 1.82) is 0 Å². The van der Waals surface area contributed by atoms with Crippen molar-refractivity contribution in [3.05, 3.63) is 56.7 Å². The summed E-state index contributed by atoms with van der Waals surface area (Å²) < 4.78 is 0.712. The Balaban J connectivity index is 2.02. The number of benzene rings is 1. The zero-order chi connectivity index (χ0) is 14.7. The van der Waals surface area contributed by atoms with E-state index in [9.17, 15) is 4.79 Å². The third-order valence-corrected chi connectivity index (χ3v) is 4.51. The Morgan fingerprint density at radius 3 is 2.45 bits per heavy atom. The van der Waals surface area contributed by atoms with Gasteiger partial charge in [0.1, 0.15) is 6.04 Å². The molecule has 3 nitrogen and oxygen atoms in total. The van der Waals surface area contributed by atoms with Gasteiger partial charge in [-0.05, 0) is 31.5 Å². The van der Waals surface area contributed by atoms with Crippen LogP contribution in [0, 0.1) is 6.92 Å². The SMILES string of the molecule is Cc1ccc(C(N)C(=O)NC(C)c2ccc(Cl)s2)cc1. The molecular weight excluding hydrogens is 292 g/mol. The summed E-state index contributed by atoms with van der Waals surface area (Å²) in [6.07, 6.45) is 0. The van der Waals surface area contributed by atoms with Gasteiger partial charge < -0.3 is 11.1 Å². The van der Waals surface area contributed by atoms with Crippen molar-refractivity contribution in [2.45, 2.75) is 25.9 Å². The maximum atomic E-state index is 12.2. The standard InChI is InChI=1S/C15H17ClN2OS/c1-9-3-5-11(6-4-9)14(17)15(19)18-10(2)12-7-8-13(16)20-12/h3-8,10,14H,17H2,1-2H3,(H,18,19). The molecule has 1 aromatic heterocycles. The first kappa shape index (κ1) is 15.0. The molecule has 1 amide bonds. The van der Waals surface area contributed by atoms with E-state index >= 15 is 0 Å². The molecular formula is C15H17ClN2OS. The highest BCUT2D eigenvalue weighted by Crippen LogP contribution is 2.27. The summed E-state index contributed by atoms with van der Waals surface area (Å²) in [5.74, 6) is -0.189. The molecule has 0 aliphatic heterocycles. The molecule has 2 aromatic rings. The number of nitrogens with two attached hydrogens (primary N) is 1. The highest BCUT2D eigenvalue weighted by Gasteiger charge is 2.19. The molecule has 2 unspecified atom stereocenters. The number of rotatable bonds is 4. The minimum Gasteiger partial charge on any atom is -0.347 e. The Morgan fingerprint density at radius 1 is 1.25 bits per heavy atom. The molecule has 3 N–H and O–H groups in total. The lowest BCUT2D eigenvalue weighted by molar-refractivity contribution is -0.123. The van der Waals surface area contributed by atoms with E-state index in [0.717, 1.165) is 16.0 Å². The first-order valence-electron chi connectivity index (χ1n) is 6.35. The van der Waals surface area contributed by atoms with Gasteiger partial charge in [-0.25, -0.2) is 0 Å². The molecule has 2 rings (SSSR count). The van der Waals surface area contributed by atoms with E-state index in [1.54, 1.807) is 0 Å². The lowest BCUT2D eigenvalue weighted by atomic mass is 10.0.